The molecule has 4 nitrogen and oxygen atoms in total. The van der Waals surface area contributed by atoms with Crippen LogP contribution in [-0.4, -0.2) is 50.2 Å². The normalized spacial score (nSPS) is 20.2. The Morgan fingerprint density at radius 3 is 2.94 bits per heavy atom. The quantitative estimate of drug-likeness (QED) is 0.686. The number of hydrogen-bond acceptors (Lipinski definition) is 3. The molecule has 1 atom stereocenters. The smallest absolute Gasteiger partial charge is 0.248 e. The number of ether oxygens (including phenoxy) is 1. The summed E-state index contributed by atoms with van der Waals surface area (Å²) in [5.41, 5.74) is 0. The fraction of sp³-hybridized carbons (Fsp3) is 0.923. The van der Waals surface area contributed by atoms with E-state index in [9.17, 15) is 4.79 Å². The molecule has 1 fully saturated rings. The van der Waals surface area contributed by atoms with Crippen LogP contribution in [0.2, 0.25) is 0 Å². The van der Waals surface area contributed by atoms with E-state index in [4.69, 9.17) is 4.74 Å². The molecular weight excluding hydrogens is 216 g/mol. The summed E-state index contributed by atoms with van der Waals surface area (Å²) < 4.78 is 5.25. The maximum Gasteiger partial charge on any atom is 0.248 e. The first-order valence-electron chi connectivity index (χ1n) is 6.79. The fourth-order valence-electron chi connectivity index (χ4n) is 2.06. The second-order valence-corrected chi connectivity index (χ2v) is 4.80. The van der Waals surface area contributed by atoms with Crippen LogP contribution in [0, 0.1) is 0 Å². The Kier molecular flexibility index (Phi) is 7.21. The van der Waals surface area contributed by atoms with Gasteiger partial charge in [0.25, 0.3) is 0 Å². The monoisotopic (exact) mass is 242 g/mol. The van der Waals surface area contributed by atoms with Gasteiger partial charge in [-0.1, -0.05) is 13.3 Å². The lowest BCUT2D eigenvalue weighted by atomic mass is 10.0. The first-order valence-corrected chi connectivity index (χ1v) is 6.79. The fourth-order valence-corrected chi connectivity index (χ4v) is 2.06. The summed E-state index contributed by atoms with van der Waals surface area (Å²) in [6.45, 7) is 4.89. The molecule has 0 radical (unpaired) electrons. The van der Waals surface area contributed by atoms with E-state index in [1.165, 1.54) is 19.3 Å². The number of carbonyl (C=O) groups is 1. The lowest BCUT2D eigenvalue weighted by Crippen LogP contribution is -2.39. The number of piperidine rings is 1. The summed E-state index contributed by atoms with van der Waals surface area (Å²) in [6, 6.07) is 0.593. The van der Waals surface area contributed by atoms with Crippen molar-refractivity contribution < 1.29 is 9.53 Å². The van der Waals surface area contributed by atoms with Crippen LogP contribution in [0.1, 0.15) is 39.0 Å². The molecule has 1 N–H and O–H groups in total. The Labute approximate surface area is 105 Å². The molecule has 1 aliphatic rings. The minimum atomic E-state index is 0.0919. The zero-order chi connectivity index (χ0) is 12.5. The van der Waals surface area contributed by atoms with Crippen LogP contribution in [0.3, 0.4) is 0 Å². The second-order valence-electron chi connectivity index (χ2n) is 4.80. The third-order valence-electron chi connectivity index (χ3n) is 3.23. The molecule has 1 unspecified atom stereocenters. The second kappa shape index (κ2) is 8.48. The predicted molar refractivity (Wildman–Crippen MR) is 69.0 cm³/mol. The van der Waals surface area contributed by atoms with E-state index in [1.54, 1.807) is 4.90 Å². The van der Waals surface area contributed by atoms with Crippen LogP contribution in [0.25, 0.3) is 0 Å². The van der Waals surface area contributed by atoms with Crippen molar-refractivity contribution in [3.8, 4) is 0 Å². The Morgan fingerprint density at radius 1 is 1.47 bits per heavy atom. The van der Waals surface area contributed by atoms with Crippen LogP contribution < -0.4 is 5.32 Å². The molecule has 1 saturated heterocycles. The Hall–Kier alpha value is -0.610. The van der Waals surface area contributed by atoms with E-state index < -0.39 is 0 Å². The molecule has 1 aliphatic heterocycles. The highest BCUT2D eigenvalue weighted by Crippen LogP contribution is 2.10. The number of rotatable bonds is 7. The molecule has 0 aromatic rings. The number of carbonyl (C=O) groups excluding carboxylic acids is 1. The van der Waals surface area contributed by atoms with Gasteiger partial charge in [-0.2, -0.15) is 0 Å². The predicted octanol–water partition coefficient (Wildman–Crippen LogP) is 1.40. The molecule has 0 aliphatic carbocycles. The summed E-state index contributed by atoms with van der Waals surface area (Å²) in [6.07, 6.45) is 5.86. The van der Waals surface area contributed by atoms with Gasteiger partial charge in [0, 0.05) is 26.2 Å². The Bertz CT molecular complexity index is 215. The van der Waals surface area contributed by atoms with Crippen LogP contribution in [0.5, 0.6) is 0 Å². The van der Waals surface area contributed by atoms with Gasteiger partial charge in [-0.15, -0.1) is 0 Å². The Morgan fingerprint density at radius 2 is 2.29 bits per heavy atom. The zero-order valence-electron chi connectivity index (χ0n) is 11.2. The van der Waals surface area contributed by atoms with Gasteiger partial charge >= 0.3 is 0 Å². The molecule has 0 spiro atoms. The minimum Gasteiger partial charge on any atom is -0.372 e. The summed E-state index contributed by atoms with van der Waals surface area (Å²) in [4.78, 5) is 13.5. The first-order chi connectivity index (χ1) is 8.24. The van der Waals surface area contributed by atoms with Gasteiger partial charge in [0.05, 0.1) is 0 Å². The minimum absolute atomic E-state index is 0.0919. The van der Waals surface area contributed by atoms with Crippen molar-refractivity contribution in [3.63, 3.8) is 0 Å². The van der Waals surface area contributed by atoms with E-state index in [0.717, 1.165) is 25.9 Å². The van der Waals surface area contributed by atoms with Crippen LogP contribution in [0.15, 0.2) is 0 Å². The third kappa shape index (κ3) is 6.03. The molecule has 0 saturated carbocycles. The standard InChI is InChI=1S/C13H26N2O2/c1-3-10-17-11-13(16)15(2)9-7-12-6-4-5-8-14-12/h12,14H,3-11H2,1-2H3. The molecule has 4 heteroatoms. The van der Waals surface area contributed by atoms with E-state index in [2.05, 4.69) is 5.32 Å². The number of likely N-dealkylation sites (N-methyl/N-ethyl adjacent to an activating group) is 1. The summed E-state index contributed by atoms with van der Waals surface area (Å²) in [5.74, 6) is 0.0919. The average Bonchev–Trinajstić information content (AvgIpc) is 2.37. The molecule has 0 aromatic carbocycles. The molecule has 1 amide bonds. The molecule has 0 aromatic heterocycles. The van der Waals surface area contributed by atoms with E-state index in [0.29, 0.717) is 12.6 Å². The number of hydrogen-bond donors (Lipinski definition) is 1. The van der Waals surface area contributed by atoms with Crippen molar-refractivity contribution in [1.29, 1.82) is 0 Å². The number of amides is 1. The van der Waals surface area contributed by atoms with Gasteiger partial charge in [-0.05, 0) is 32.2 Å². The van der Waals surface area contributed by atoms with Crippen LogP contribution in [-0.2, 0) is 9.53 Å². The lowest BCUT2D eigenvalue weighted by Gasteiger charge is -2.26. The highest BCUT2D eigenvalue weighted by atomic mass is 16.5. The Balaban J connectivity index is 2.10. The maximum absolute atomic E-state index is 11.7. The zero-order valence-corrected chi connectivity index (χ0v) is 11.2. The first kappa shape index (κ1) is 14.5. The van der Waals surface area contributed by atoms with Crippen molar-refractivity contribution in [2.45, 2.75) is 45.1 Å². The molecule has 100 valence electrons. The molecule has 0 bridgehead atoms. The SMILES string of the molecule is CCCOCC(=O)N(C)CCC1CCCCN1. The van der Waals surface area contributed by atoms with Gasteiger partial charge < -0.3 is 15.0 Å². The van der Waals surface area contributed by atoms with Gasteiger partial charge in [0.2, 0.25) is 5.91 Å². The summed E-state index contributed by atoms with van der Waals surface area (Å²) in [7, 11) is 1.86. The number of nitrogens with zero attached hydrogens (tertiary/aromatic N) is 1. The highest BCUT2D eigenvalue weighted by Gasteiger charge is 2.15. The molecule has 1 heterocycles. The van der Waals surface area contributed by atoms with Crippen LogP contribution in [0.4, 0.5) is 0 Å². The largest absolute Gasteiger partial charge is 0.372 e. The average molecular weight is 242 g/mol. The highest BCUT2D eigenvalue weighted by molar-refractivity contribution is 5.77. The van der Waals surface area contributed by atoms with Gasteiger partial charge in [-0.25, -0.2) is 0 Å². The molecule has 17 heavy (non-hydrogen) atoms. The third-order valence-corrected chi connectivity index (χ3v) is 3.23. The van der Waals surface area contributed by atoms with Crippen LogP contribution >= 0.6 is 0 Å². The van der Waals surface area contributed by atoms with Crippen molar-refractivity contribution in [1.82, 2.24) is 10.2 Å². The van der Waals surface area contributed by atoms with E-state index in [1.807, 2.05) is 14.0 Å². The van der Waals surface area contributed by atoms with E-state index in [-0.39, 0.29) is 12.5 Å². The van der Waals surface area contributed by atoms with Crippen molar-refractivity contribution in [2.75, 3.05) is 33.4 Å². The molecule has 1 rings (SSSR count). The van der Waals surface area contributed by atoms with Crippen molar-refractivity contribution in [3.05, 3.63) is 0 Å². The van der Waals surface area contributed by atoms with Crippen molar-refractivity contribution >= 4 is 5.91 Å². The van der Waals surface area contributed by atoms with E-state index >= 15 is 0 Å². The summed E-state index contributed by atoms with van der Waals surface area (Å²) in [5, 5.41) is 3.50. The molecular formula is C13H26N2O2. The van der Waals surface area contributed by atoms with Gasteiger partial charge in [0.1, 0.15) is 6.61 Å². The maximum atomic E-state index is 11.7. The van der Waals surface area contributed by atoms with Gasteiger partial charge in [-0.3, -0.25) is 4.79 Å². The van der Waals surface area contributed by atoms with Crippen molar-refractivity contribution in [2.24, 2.45) is 0 Å². The lowest BCUT2D eigenvalue weighted by molar-refractivity contribution is -0.134. The summed E-state index contributed by atoms with van der Waals surface area (Å²) >= 11 is 0. The topological polar surface area (TPSA) is 41.6 Å². The van der Waals surface area contributed by atoms with Gasteiger partial charge in [0.15, 0.2) is 0 Å². The number of nitrogens with one attached hydrogen (secondary N) is 1.